The Morgan fingerprint density at radius 1 is 1.20 bits per heavy atom. The molecule has 131 valence electrons. The zero-order valence-corrected chi connectivity index (χ0v) is 15.2. The van der Waals surface area contributed by atoms with Crippen LogP contribution in [0, 0.1) is 24.7 Å². The number of nitrogens with zero attached hydrogens (tertiary/aromatic N) is 2. The average Bonchev–Trinajstić information content (AvgIpc) is 2.57. The number of hydrogen-bond donors (Lipinski definition) is 1. The molecule has 1 radical (unpaired) electrons. The molecule has 3 aromatic rings. The molecule has 3 rings (SSSR count). The molecule has 25 heavy (non-hydrogen) atoms. The van der Waals surface area contributed by atoms with Gasteiger partial charge in [0.2, 0.25) is 0 Å². The predicted molar refractivity (Wildman–Crippen MR) is 82.8 cm³/mol. The average molecular weight is 520 g/mol. The summed E-state index contributed by atoms with van der Waals surface area (Å²) in [6, 6.07) is 14.5. The van der Waals surface area contributed by atoms with E-state index in [0.29, 0.717) is 5.69 Å². The zero-order chi connectivity index (χ0) is 17.5. The van der Waals surface area contributed by atoms with Gasteiger partial charge in [0.15, 0.2) is 0 Å². The Hall–Kier alpha value is -2.63. The van der Waals surface area contributed by atoms with Gasteiger partial charge in [0.1, 0.15) is 11.4 Å². The third kappa shape index (κ3) is 5.74. The summed E-state index contributed by atoms with van der Waals surface area (Å²) in [4.78, 5) is 13.7. The molecule has 0 saturated carbocycles. The SMILES string of the molecule is O=C(O)c1ccccn1.[CH2-][n+]1ccccc1-c1[c-]cc(F)cc1F.[Ir]. The summed E-state index contributed by atoms with van der Waals surface area (Å²) < 4.78 is 27.6. The normalized spacial score (nSPS) is 9.36. The van der Waals surface area contributed by atoms with Crippen LogP contribution in [0.4, 0.5) is 8.78 Å². The molecule has 1 aromatic carbocycles. The topological polar surface area (TPSA) is 54.1 Å². The summed E-state index contributed by atoms with van der Waals surface area (Å²) in [7, 11) is 3.70. The van der Waals surface area contributed by atoms with Gasteiger partial charge in [0.05, 0.1) is 6.20 Å². The summed E-state index contributed by atoms with van der Waals surface area (Å²) in [5, 5.41) is 8.32. The first kappa shape index (κ1) is 20.4. The molecule has 0 aliphatic rings. The van der Waals surface area contributed by atoms with Crippen LogP contribution >= 0.6 is 0 Å². The van der Waals surface area contributed by atoms with E-state index in [1.165, 1.54) is 16.8 Å². The first-order valence-electron chi connectivity index (χ1n) is 6.82. The van der Waals surface area contributed by atoms with Crippen molar-refractivity contribution in [2.75, 3.05) is 0 Å². The van der Waals surface area contributed by atoms with E-state index in [9.17, 15) is 13.6 Å². The molecule has 7 heteroatoms. The van der Waals surface area contributed by atoms with Gasteiger partial charge in [-0.05, 0) is 23.8 Å². The van der Waals surface area contributed by atoms with E-state index in [0.717, 1.165) is 12.1 Å². The van der Waals surface area contributed by atoms with Gasteiger partial charge in [-0.1, -0.05) is 24.3 Å². The van der Waals surface area contributed by atoms with Gasteiger partial charge in [0, 0.05) is 45.0 Å². The quantitative estimate of drug-likeness (QED) is 0.418. The number of halogens is 2. The molecule has 4 nitrogen and oxygen atoms in total. The largest absolute Gasteiger partial charge is 0.477 e. The van der Waals surface area contributed by atoms with Crippen molar-refractivity contribution in [3.8, 4) is 11.3 Å². The molecule has 0 atom stereocenters. The Labute approximate surface area is 157 Å². The van der Waals surface area contributed by atoms with Crippen LogP contribution in [-0.2, 0) is 20.1 Å². The van der Waals surface area contributed by atoms with Crippen LogP contribution < -0.4 is 4.57 Å². The van der Waals surface area contributed by atoms with E-state index in [-0.39, 0.29) is 31.4 Å². The van der Waals surface area contributed by atoms with Crippen molar-refractivity contribution in [2.45, 2.75) is 0 Å². The van der Waals surface area contributed by atoms with Crippen molar-refractivity contribution < 1.29 is 43.4 Å². The first-order chi connectivity index (χ1) is 11.5. The van der Waals surface area contributed by atoms with E-state index < -0.39 is 17.6 Å². The summed E-state index contributed by atoms with van der Waals surface area (Å²) in [5.74, 6) is -2.27. The van der Waals surface area contributed by atoms with Crippen molar-refractivity contribution in [3.63, 3.8) is 0 Å². The van der Waals surface area contributed by atoms with Gasteiger partial charge >= 0.3 is 5.97 Å². The summed E-state index contributed by atoms with van der Waals surface area (Å²) in [6.07, 6.45) is 3.13. The first-order valence-corrected chi connectivity index (χ1v) is 6.82. The maximum absolute atomic E-state index is 13.4. The third-order valence-corrected chi connectivity index (χ3v) is 2.94. The van der Waals surface area contributed by atoms with Crippen molar-refractivity contribution >= 4 is 5.97 Å². The number of pyridine rings is 2. The minimum atomic E-state index is -0.990. The van der Waals surface area contributed by atoms with Gasteiger partial charge in [-0.15, -0.1) is 12.1 Å². The van der Waals surface area contributed by atoms with Crippen LogP contribution in [0.1, 0.15) is 10.5 Å². The molecule has 0 bridgehead atoms. The molecule has 1 N–H and O–H groups in total. The van der Waals surface area contributed by atoms with Gasteiger partial charge in [-0.2, -0.15) is 0 Å². The van der Waals surface area contributed by atoms with Crippen LogP contribution in [0.15, 0.2) is 60.9 Å². The van der Waals surface area contributed by atoms with E-state index in [2.05, 4.69) is 18.1 Å². The van der Waals surface area contributed by atoms with Gasteiger partial charge in [-0.3, -0.25) is 8.78 Å². The molecular weight excluding hydrogens is 506 g/mol. The van der Waals surface area contributed by atoms with E-state index in [1.54, 1.807) is 36.5 Å². The van der Waals surface area contributed by atoms with Crippen molar-refractivity contribution in [2.24, 2.45) is 0 Å². The molecular formula is C18H13F2IrN2O2-. The smallest absolute Gasteiger partial charge is 0.354 e. The summed E-state index contributed by atoms with van der Waals surface area (Å²) in [6.45, 7) is 0. The Kier molecular flexibility index (Phi) is 7.85. The number of carboxylic acids is 1. The Bertz CT molecular complexity index is 845. The van der Waals surface area contributed by atoms with Crippen molar-refractivity contribution in [3.05, 3.63) is 91.4 Å². The van der Waals surface area contributed by atoms with E-state index in [4.69, 9.17) is 5.11 Å². The van der Waals surface area contributed by atoms with Crippen LogP contribution in [0.3, 0.4) is 0 Å². The number of benzene rings is 1. The van der Waals surface area contributed by atoms with E-state index in [1.807, 2.05) is 0 Å². The van der Waals surface area contributed by atoms with Gasteiger partial charge in [0.25, 0.3) is 0 Å². The Morgan fingerprint density at radius 3 is 2.44 bits per heavy atom. The van der Waals surface area contributed by atoms with Crippen LogP contribution in [0.5, 0.6) is 0 Å². The number of rotatable bonds is 2. The van der Waals surface area contributed by atoms with Gasteiger partial charge in [-0.25, -0.2) is 9.78 Å². The molecule has 2 heterocycles. The van der Waals surface area contributed by atoms with Gasteiger partial charge < -0.3 is 9.67 Å². The second-order valence-corrected chi connectivity index (χ2v) is 4.62. The summed E-state index contributed by atoms with van der Waals surface area (Å²) in [5.41, 5.74) is 0.847. The zero-order valence-electron chi connectivity index (χ0n) is 12.8. The molecule has 0 saturated heterocycles. The predicted octanol–water partition coefficient (Wildman–Crippen LogP) is 3.14. The minimum absolute atomic E-state index is 0. The number of carbonyl (C=O) groups is 1. The second kappa shape index (κ2) is 9.61. The second-order valence-electron chi connectivity index (χ2n) is 4.62. The van der Waals surface area contributed by atoms with Crippen LogP contribution in [0.25, 0.3) is 11.3 Å². The molecule has 0 amide bonds. The standard InChI is InChI=1S/C12H8F2N.C6H5NO2.Ir/c1-15-7-3-2-4-12(15)10-6-5-9(13)8-11(10)14;8-6(9)5-3-1-2-4-7-5;/h2-5,7-8H,1H2;1-4H,(H,8,9);/q-1;;. The molecule has 2 aromatic heterocycles. The maximum atomic E-state index is 13.4. The number of hydrogen-bond acceptors (Lipinski definition) is 2. The maximum Gasteiger partial charge on any atom is 0.354 e. The molecule has 0 unspecified atom stereocenters. The fraction of sp³-hybridized carbons (Fsp3) is 0. The molecule has 0 aliphatic carbocycles. The number of aromatic nitrogens is 2. The van der Waals surface area contributed by atoms with Crippen molar-refractivity contribution in [1.29, 1.82) is 0 Å². The Balaban J connectivity index is 0.000000270. The number of carboxylic acid groups (broad SMARTS) is 1. The minimum Gasteiger partial charge on any atom is -0.477 e. The summed E-state index contributed by atoms with van der Waals surface area (Å²) >= 11 is 0. The monoisotopic (exact) mass is 520 g/mol. The van der Waals surface area contributed by atoms with Crippen molar-refractivity contribution in [1.82, 2.24) is 4.98 Å². The number of aromatic carboxylic acids is 1. The molecule has 0 aliphatic heterocycles. The van der Waals surface area contributed by atoms with E-state index >= 15 is 0 Å². The Morgan fingerprint density at radius 2 is 1.92 bits per heavy atom. The fourth-order valence-corrected chi connectivity index (χ4v) is 1.83. The van der Waals surface area contributed by atoms with Crippen LogP contribution in [0.2, 0.25) is 0 Å². The molecule has 0 spiro atoms. The fourth-order valence-electron chi connectivity index (χ4n) is 1.83. The van der Waals surface area contributed by atoms with Crippen LogP contribution in [-0.4, -0.2) is 16.1 Å². The third-order valence-electron chi connectivity index (χ3n) is 2.94. The molecule has 0 fully saturated rings.